The van der Waals surface area contributed by atoms with Crippen LogP contribution in [0.3, 0.4) is 0 Å². The number of anilines is 1. The van der Waals surface area contributed by atoms with Crippen LogP contribution in [0.15, 0.2) is 36.7 Å². The van der Waals surface area contributed by atoms with E-state index in [-0.39, 0.29) is 18.0 Å². The van der Waals surface area contributed by atoms with E-state index < -0.39 is 6.04 Å². The average molecular weight is 607 g/mol. The fraction of sp³-hybridized carbons (Fsp3) is 0.438. The van der Waals surface area contributed by atoms with Crippen molar-refractivity contribution < 1.29 is 19.0 Å². The summed E-state index contributed by atoms with van der Waals surface area (Å²) in [7, 11) is 1.67. The Labute approximate surface area is 256 Å². The highest BCUT2D eigenvalue weighted by molar-refractivity contribution is 6.34. The van der Waals surface area contributed by atoms with Gasteiger partial charge in [-0.25, -0.2) is 4.98 Å². The van der Waals surface area contributed by atoms with Crippen LogP contribution >= 0.6 is 11.6 Å². The van der Waals surface area contributed by atoms with Crippen molar-refractivity contribution in [3.8, 4) is 11.5 Å². The molecule has 1 aromatic carbocycles. The Morgan fingerprint density at radius 1 is 1.14 bits per heavy atom. The van der Waals surface area contributed by atoms with Crippen molar-refractivity contribution in [2.24, 2.45) is 5.73 Å². The number of rotatable bonds is 12. The number of pyridine rings is 1. The fourth-order valence-corrected chi connectivity index (χ4v) is 5.94. The maximum absolute atomic E-state index is 12.2. The summed E-state index contributed by atoms with van der Waals surface area (Å²) in [6.07, 6.45) is 9.85. The van der Waals surface area contributed by atoms with E-state index in [1.807, 2.05) is 48.9 Å². The van der Waals surface area contributed by atoms with E-state index in [2.05, 4.69) is 21.1 Å². The summed E-state index contributed by atoms with van der Waals surface area (Å²) in [6, 6.07) is 7.24. The molecule has 5 rings (SSSR count). The molecule has 1 saturated carbocycles. The first-order valence-electron chi connectivity index (χ1n) is 14.7. The largest absolute Gasteiger partial charge is 0.496 e. The molecule has 0 spiro atoms. The molecular formula is C32H39ClN6O4. The first-order valence-corrected chi connectivity index (χ1v) is 15.1. The van der Waals surface area contributed by atoms with Crippen LogP contribution in [0, 0.1) is 13.8 Å². The third-order valence-electron chi connectivity index (χ3n) is 8.03. The summed E-state index contributed by atoms with van der Waals surface area (Å²) in [4.78, 5) is 25.6. The molecule has 0 amide bonds. The number of halogens is 1. The quantitative estimate of drug-likeness (QED) is 0.166. The number of hydrogen-bond donors (Lipinski definition) is 2. The van der Waals surface area contributed by atoms with Crippen molar-refractivity contribution in [1.82, 2.24) is 19.5 Å². The Morgan fingerprint density at radius 3 is 2.60 bits per heavy atom. The number of methoxy groups -OCH3 is 1. The van der Waals surface area contributed by atoms with E-state index >= 15 is 0 Å². The monoisotopic (exact) mass is 606 g/mol. The number of nitrogen functional groups attached to an aromatic ring is 1. The standard InChI is InChI=1S/C32H39ClN6O4/c1-19-16-36-26(20(2)28(19)41-3)18-39-17-22(27-29(33)37-32(35)38-30(27)39)11-8-21-9-12-23(13-10-21)42-15-14-25(34)31(40)43-24-6-4-5-7-24/h9-10,12-13,16-17,24-25H,4-8,11,14-15,18,34H2,1-3H3,(H2,35,37,38)/t25-/m0/s1. The van der Waals surface area contributed by atoms with Crippen molar-refractivity contribution in [3.63, 3.8) is 0 Å². The average Bonchev–Trinajstić information content (AvgIpc) is 3.62. The number of ether oxygens (including phenoxy) is 3. The number of hydrogen-bond acceptors (Lipinski definition) is 9. The molecule has 1 atom stereocenters. The topological polar surface area (TPSA) is 140 Å². The minimum atomic E-state index is -0.680. The van der Waals surface area contributed by atoms with Crippen LogP contribution in [0.4, 0.5) is 5.95 Å². The Balaban J connectivity index is 1.22. The van der Waals surface area contributed by atoms with Gasteiger partial charge in [-0.05, 0) is 75.6 Å². The minimum absolute atomic E-state index is 0.0174. The van der Waals surface area contributed by atoms with Gasteiger partial charge in [-0.15, -0.1) is 0 Å². The molecule has 0 saturated heterocycles. The lowest BCUT2D eigenvalue weighted by Gasteiger charge is -2.16. The van der Waals surface area contributed by atoms with Crippen molar-refractivity contribution >= 4 is 34.6 Å². The summed E-state index contributed by atoms with van der Waals surface area (Å²) >= 11 is 6.58. The van der Waals surface area contributed by atoms with Crippen LogP contribution in [0.5, 0.6) is 11.5 Å². The Kier molecular flexibility index (Phi) is 9.67. The summed E-state index contributed by atoms with van der Waals surface area (Å²) in [5.74, 6) is 1.33. The predicted molar refractivity (Wildman–Crippen MR) is 167 cm³/mol. The highest BCUT2D eigenvalue weighted by Crippen LogP contribution is 2.31. The third-order valence-corrected chi connectivity index (χ3v) is 8.30. The van der Waals surface area contributed by atoms with E-state index in [0.29, 0.717) is 30.4 Å². The van der Waals surface area contributed by atoms with Gasteiger partial charge in [0.1, 0.15) is 34.4 Å². The number of fused-ring (bicyclic) bond motifs is 1. The molecule has 4 N–H and O–H groups in total. The zero-order valence-electron chi connectivity index (χ0n) is 24.9. The zero-order valence-corrected chi connectivity index (χ0v) is 25.7. The summed E-state index contributed by atoms with van der Waals surface area (Å²) < 4.78 is 18.9. The summed E-state index contributed by atoms with van der Waals surface area (Å²) in [5.41, 5.74) is 17.7. The van der Waals surface area contributed by atoms with Gasteiger partial charge in [0.15, 0.2) is 0 Å². The lowest BCUT2D eigenvalue weighted by Crippen LogP contribution is -2.35. The molecule has 43 heavy (non-hydrogen) atoms. The zero-order chi connectivity index (χ0) is 30.5. The van der Waals surface area contributed by atoms with Gasteiger partial charge >= 0.3 is 5.97 Å². The number of aromatic nitrogens is 4. The molecule has 4 aromatic rings. The van der Waals surface area contributed by atoms with E-state index in [0.717, 1.165) is 83.4 Å². The summed E-state index contributed by atoms with van der Waals surface area (Å²) in [6.45, 7) is 4.80. The molecule has 3 heterocycles. The van der Waals surface area contributed by atoms with Gasteiger partial charge < -0.3 is 30.2 Å². The molecule has 1 aliphatic carbocycles. The molecule has 3 aromatic heterocycles. The van der Waals surface area contributed by atoms with Gasteiger partial charge in [0.2, 0.25) is 5.95 Å². The third kappa shape index (κ3) is 7.19. The van der Waals surface area contributed by atoms with Crippen molar-refractivity contribution in [3.05, 3.63) is 69.8 Å². The summed E-state index contributed by atoms with van der Waals surface area (Å²) in [5, 5.41) is 1.12. The number of nitrogens with two attached hydrogens (primary N) is 2. The van der Waals surface area contributed by atoms with Crippen molar-refractivity contribution in [2.75, 3.05) is 19.5 Å². The van der Waals surface area contributed by atoms with E-state index in [9.17, 15) is 4.79 Å². The van der Waals surface area contributed by atoms with Crippen LogP contribution < -0.4 is 20.9 Å². The first kappa shape index (κ1) is 30.6. The second-order valence-corrected chi connectivity index (χ2v) is 11.5. The second kappa shape index (κ2) is 13.6. The molecule has 0 radical (unpaired) electrons. The normalized spacial score (nSPS) is 14.3. The maximum Gasteiger partial charge on any atom is 0.323 e. The number of carbonyl (C=O) groups excluding carboxylic acids is 1. The molecule has 0 aliphatic heterocycles. The fourth-order valence-electron chi connectivity index (χ4n) is 5.65. The SMILES string of the molecule is COc1c(C)cnc(Cn2cc(CCc3ccc(OCC[C@H](N)C(=O)OC4CCCC4)cc3)c3c(Cl)nc(N)nc32)c1C. The van der Waals surface area contributed by atoms with E-state index in [1.165, 1.54) is 0 Å². The molecule has 0 unspecified atom stereocenters. The van der Waals surface area contributed by atoms with Crippen LogP contribution in [-0.4, -0.2) is 51.4 Å². The van der Waals surface area contributed by atoms with E-state index in [4.69, 9.17) is 37.3 Å². The second-order valence-electron chi connectivity index (χ2n) is 11.1. The van der Waals surface area contributed by atoms with Crippen molar-refractivity contribution in [1.29, 1.82) is 0 Å². The van der Waals surface area contributed by atoms with Crippen LogP contribution in [-0.2, 0) is 28.9 Å². The lowest BCUT2D eigenvalue weighted by molar-refractivity contribution is -0.150. The molecule has 0 bridgehead atoms. The van der Waals surface area contributed by atoms with Gasteiger partial charge in [0.25, 0.3) is 0 Å². The highest BCUT2D eigenvalue weighted by atomic mass is 35.5. The number of carbonyl (C=O) groups is 1. The van der Waals surface area contributed by atoms with Gasteiger partial charge in [0.05, 0.1) is 31.3 Å². The molecular weight excluding hydrogens is 568 g/mol. The van der Waals surface area contributed by atoms with Crippen LogP contribution in [0.2, 0.25) is 5.15 Å². The predicted octanol–water partition coefficient (Wildman–Crippen LogP) is 5.10. The Bertz CT molecular complexity index is 1580. The smallest absolute Gasteiger partial charge is 0.323 e. The van der Waals surface area contributed by atoms with Gasteiger partial charge in [-0.2, -0.15) is 4.98 Å². The Hall–Kier alpha value is -3.89. The molecule has 228 valence electrons. The number of benzene rings is 1. The highest BCUT2D eigenvalue weighted by Gasteiger charge is 2.23. The number of aryl methyl sites for hydroxylation is 3. The maximum atomic E-state index is 12.2. The number of esters is 1. The van der Waals surface area contributed by atoms with Crippen LogP contribution in [0.25, 0.3) is 11.0 Å². The van der Waals surface area contributed by atoms with Gasteiger partial charge in [-0.1, -0.05) is 23.7 Å². The lowest BCUT2D eigenvalue weighted by atomic mass is 10.0. The molecule has 11 heteroatoms. The molecule has 1 fully saturated rings. The van der Waals surface area contributed by atoms with Crippen molar-refractivity contribution in [2.45, 2.75) is 77.5 Å². The van der Waals surface area contributed by atoms with Gasteiger partial charge in [0, 0.05) is 29.9 Å². The minimum Gasteiger partial charge on any atom is -0.496 e. The van der Waals surface area contributed by atoms with Gasteiger partial charge in [-0.3, -0.25) is 9.78 Å². The first-order chi connectivity index (χ1) is 20.7. The molecule has 10 nitrogen and oxygen atoms in total. The van der Waals surface area contributed by atoms with E-state index in [1.54, 1.807) is 7.11 Å². The number of nitrogens with zero attached hydrogens (tertiary/aromatic N) is 4. The Morgan fingerprint density at radius 2 is 1.88 bits per heavy atom. The molecule has 1 aliphatic rings. The van der Waals surface area contributed by atoms with Crippen LogP contribution in [0.1, 0.15) is 60.1 Å².